The quantitative estimate of drug-likeness (QED) is 0.332. The Morgan fingerprint density at radius 1 is 0.969 bits per heavy atom. The van der Waals surface area contributed by atoms with Crippen LogP contribution in [0.4, 0.5) is 0 Å². The fraction of sp³-hybridized carbons (Fsp3) is 0.318. The molecule has 0 unspecified atom stereocenters. The Hall–Kier alpha value is -3.15. The van der Waals surface area contributed by atoms with Gasteiger partial charge in [-0.25, -0.2) is 4.79 Å². The summed E-state index contributed by atoms with van der Waals surface area (Å²) < 4.78 is 21.5. The van der Waals surface area contributed by atoms with Gasteiger partial charge in [-0.15, -0.1) is 0 Å². The van der Waals surface area contributed by atoms with Gasteiger partial charge in [0.25, 0.3) is 0 Å². The fourth-order valence-corrected chi connectivity index (χ4v) is 3.38. The Morgan fingerprint density at radius 3 is 2.44 bits per heavy atom. The lowest BCUT2D eigenvalue weighted by atomic mass is 9.99. The molecule has 2 aromatic carbocycles. The summed E-state index contributed by atoms with van der Waals surface area (Å²) in [7, 11) is 0. The molecule has 2 heterocycles. The topological polar surface area (TPSA) is 159 Å². The highest BCUT2D eigenvalue weighted by Crippen LogP contribution is 2.34. The summed E-state index contributed by atoms with van der Waals surface area (Å²) >= 11 is 0. The Morgan fingerprint density at radius 2 is 1.72 bits per heavy atom. The van der Waals surface area contributed by atoms with Gasteiger partial charge in [0.15, 0.2) is 5.75 Å². The Bertz CT molecular complexity index is 1130. The molecule has 3 aromatic rings. The van der Waals surface area contributed by atoms with E-state index in [0.717, 1.165) is 5.56 Å². The predicted octanol–water partition coefficient (Wildman–Crippen LogP) is 0.256. The molecule has 1 fully saturated rings. The van der Waals surface area contributed by atoms with Gasteiger partial charge in [-0.1, -0.05) is 30.3 Å². The first-order valence-electron chi connectivity index (χ1n) is 9.82. The van der Waals surface area contributed by atoms with Gasteiger partial charge in [-0.2, -0.15) is 0 Å². The number of hydrogen-bond donors (Lipinski definition) is 5. The first-order valence-corrected chi connectivity index (χ1v) is 9.82. The monoisotopic (exact) mass is 446 g/mol. The van der Waals surface area contributed by atoms with Gasteiger partial charge in [0.2, 0.25) is 12.0 Å². The molecule has 170 valence electrons. The van der Waals surface area contributed by atoms with E-state index in [2.05, 4.69) is 0 Å². The summed E-state index contributed by atoms with van der Waals surface area (Å²) in [4.78, 5) is 12.3. The summed E-state index contributed by atoms with van der Waals surface area (Å²) in [5.74, 6) is -0.641. The molecule has 0 saturated carbocycles. The molecule has 0 radical (unpaired) electrons. The van der Waals surface area contributed by atoms with Crippen LogP contribution in [-0.2, 0) is 11.3 Å². The molecule has 0 spiro atoms. The van der Waals surface area contributed by atoms with Crippen LogP contribution in [-0.4, -0.2) is 62.8 Å². The van der Waals surface area contributed by atoms with Crippen molar-refractivity contribution in [2.75, 3.05) is 6.61 Å². The van der Waals surface area contributed by atoms with Crippen LogP contribution < -0.4 is 15.1 Å². The number of benzene rings is 2. The van der Waals surface area contributed by atoms with Gasteiger partial charge in [0.1, 0.15) is 42.4 Å². The number of fused-ring (bicyclic) bond motifs is 1. The third-order valence-corrected chi connectivity index (χ3v) is 5.14. The molecule has 5 atom stereocenters. The molecule has 0 bridgehead atoms. The van der Waals surface area contributed by atoms with E-state index in [1.807, 2.05) is 30.3 Å². The van der Waals surface area contributed by atoms with Crippen molar-refractivity contribution in [3.63, 3.8) is 0 Å². The first kappa shape index (κ1) is 22.1. The number of aliphatic hydroxyl groups is 4. The van der Waals surface area contributed by atoms with Crippen molar-refractivity contribution >= 4 is 11.0 Å². The van der Waals surface area contributed by atoms with E-state index >= 15 is 0 Å². The minimum Gasteiger partial charge on any atom is -0.504 e. The molecule has 32 heavy (non-hydrogen) atoms. The summed E-state index contributed by atoms with van der Waals surface area (Å²) in [6.07, 6.45) is -7.26. The van der Waals surface area contributed by atoms with E-state index in [9.17, 15) is 30.3 Å². The predicted molar refractivity (Wildman–Crippen MR) is 109 cm³/mol. The van der Waals surface area contributed by atoms with E-state index in [0.29, 0.717) is 0 Å². The molecule has 10 heteroatoms. The molecule has 10 nitrogen and oxygen atoms in total. The largest absolute Gasteiger partial charge is 0.504 e. The van der Waals surface area contributed by atoms with Gasteiger partial charge >= 0.3 is 5.63 Å². The van der Waals surface area contributed by atoms with Crippen LogP contribution in [0.2, 0.25) is 0 Å². The summed E-state index contributed by atoms with van der Waals surface area (Å²) in [5, 5.41) is 49.8. The lowest BCUT2D eigenvalue weighted by Gasteiger charge is -2.39. The van der Waals surface area contributed by atoms with Crippen molar-refractivity contribution in [1.29, 1.82) is 0 Å². The van der Waals surface area contributed by atoms with E-state index in [1.54, 1.807) is 0 Å². The highest BCUT2D eigenvalue weighted by Gasteiger charge is 2.44. The second-order valence-electron chi connectivity index (χ2n) is 7.31. The molecule has 1 aliphatic rings. The summed E-state index contributed by atoms with van der Waals surface area (Å²) in [5.41, 5.74) is -0.104. The van der Waals surface area contributed by atoms with E-state index in [-0.39, 0.29) is 29.1 Å². The van der Waals surface area contributed by atoms with Crippen LogP contribution in [0.3, 0.4) is 0 Å². The summed E-state index contributed by atoms with van der Waals surface area (Å²) in [6, 6.07) is 13.2. The van der Waals surface area contributed by atoms with Gasteiger partial charge in [-0.3, -0.25) is 0 Å². The maximum absolute atomic E-state index is 12.3. The third kappa shape index (κ3) is 4.27. The smallest absolute Gasteiger partial charge is 0.383 e. The lowest BCUT2D eigenvalue weighted by Crippen LogP contribution is -2.60. The molecule has 1 aliphatic heterocycles. The number of hydrogen-bond acceptors (Lipinski definition) is 10. The van der Waals surface area contributed by atoms with E-state index in [4.69, 9.17) is 18.6 Å². The average molecular weight is 446 g/mol. The molecule has 1 aromatic heterocycles. The Balaban J connectivity index is 1.56. The molecular weight excluding hydrogens is 424 g/mol. The van der Waals surface area contributed by atoms with E-state index < -0.39 is 48.7 Å². The lowest BCUT2D eigenvalue weighted by molar-refractivity contribution is -0.277. The van der Waals surface area contributed by atoms with Crippen molar-refractivity contribution in [3.05, 3.63) is 64.5 Å². The second-order valence-corrected chi connectivity index (χ2v) is 7.31. The number of rotatable bonds is 6. The maximum atomic E-state index is 12.3. The second kappa shape index (κ2) is 9.15. The molecule has 0 aliphatic carbocycles. The fourth-order valence-electron chi connectivity index (χ4n) is 3.38. The van der Waals surface area contributed by atoms with Crippen LogP contribution in [0, 0.1) is 0 Å². The van der Waals surface area contributed by atoms with Crippen LogP contribution in [0.5, 0.6) is 17.2 Å². The summed E-state index contributed by atoms with van der Waals surface area (Å²) in [6.45, 7) is -0.542. The van der Waals surface area contributed by atoms with Crippen molar-refractivity contribution in [2.45, 2.75) is 37.3 Å². The maximum Gasteiger partial charge on any atom is 0.383 e. The van der Waals surface area contributed by atoms with Crippen LogP contribution in [0.25, 0.3) is 11.0 Å². The zero-order chi connectivity index (χ0) is 22.8. The number of aromatic hydroxyl groups is 1. The molecule has 0 amide bonds. The van der Waals surface area contributed by atoms with Crippen molar-refractivity contribution in [3.8, 4) is 17.2 Å². The van der Waals surface area contributed by atoms with Crippen molar-refractivity contribution < 1.29 is 44.2 Å². The first-order chi connectivity index (χ1) is 15.4. The van der Waals surface area contributed by atoms with Crippen LogP contribution in [0.1, 0.15) is 5.56 Å². The third-order valence-electron chi connectivity index (χ3n) is 5.14. The average Bonchev–Trinajstić information content (AvgIpc) is 2.79. The standard InChI is InChI=1S/C22H22O10/c23-9-15-17(25)18(26)19(27)22(32-15)30-12-6-7-13-14(8-12)31-21(28)20(16(13)24)29-10-11-4-2-1-3-5-11/h1-8,15,17-19,22-27H,9-10H2/t15-,17+,18+,19-,22-/m1/s1. The van der Waals surface area contributed by atoms with Crippen molar-refractivity contribution in [1.82, 2.24) is 0 Å². The Kier molecular flexibility index (Phi) is 6.31. The SMILES string of the molecule is O=c1oc2cc(O[C@@H]3O[C@H](CO)[C@H](O)[C@H](O)[C@H]3O)ccc2c(O)c1OCc1ccccc1. The van der Waals surface area contributed by atoms with E-state index in [1.165, 1.54) is 18.2 Å². The zero-order valence-corrected chi connectivity index (χ0v) is 16.7. The number of aliphatic hydroxyl groups excluding tert-OH is 4. The molecule has 1 saturated heterocycles. The normalized spacial score (nSPS) is 25.6. The van der Waals surface area contributed by atoms with Crippen LogP contribution in [0.15, 0.2) is 57.7 Å². The van der Waals surface area contributed by atoms with Crippen molar-refractivity contribution in [2.24, 2.45) is 0 Å². The highest BCUT2D eigenvalue weighted by atomic mass is 16.7. The highest BCUT2D eigenvalue weighted by molar-refractivity contribution is 5.86. The van der Waals surface area contributed by atoms with Gasteiger partial charge in [0, 0.05) is 6.07 Å². The zero-order valence-electron chi connectivity index (χ0n) is 16.7. The van der Waals surface area contributed by atoms with Gasteiger partial charge in [-0.05, 0) is 17.7 Å². The molecule has 4 rings (SSSR count). The van der Waals surface area contributed by atoms with Crippen LogP contribution >= 0.6 is 0 Å². The molecular formula is C22H22O10. The Labute approximate surface area is 181 Å². The minimum atomic E-state index is -1.60. The molecule has 5 N–H and O–H groups in total. The minimum absolute atomic E-state index is 0.0124. The van der Waals surface area contributed by atoms with Gasteiger partial charge in [0.05, 0.1) is 12.0 Å². The number of ether oxygens (including phenoxy) is 3. The van der Waals surface area contributed by atoms with Gasteiger partial charge < -0.3 is 44.2 Å².